The Bertz CT molecular complexity index is 411. The summed E-state index contributed by atoms with van der Waals surface area (Å²) < 4.78 is 30.1. The van der Waals surface area contributed by atoms with E-state index in [9.17, 15) is 4.57 Å². The van der Waals surface area contributed by atoms with Gasteiger partial charge in [-0.15, -0.1) is 0 Å². The lowest BCUT2D eigenvalue weighted by Crippen LogP contribution is -2.10. The quantitative estimate of drug-likeness (QED) is 0.634. The van der Waals surface area contributed by atoms with Crippen molar-refractivity contribution < 1.29 is 18.3 Å². The largest absolute Gasteiger partial charge is 0.363 e. The summed E-state index contributed by atoms with van der Waals surface area (Å²) in [5, 5.41) is 0. The molecule has 1 unspecified atom stereocenters. The number of halogens is 1. The lowest BCUT2D eigenvalue weighted by atomic mass is 10.2. The van der Waals surface area contributed by atoms with E-state index in [0.717, 1.165) is 10.0 Å². The van der Waals surface area contributed by atoms with Crippen molar-refractivity contribution in [2.24, 2.45) is 0 Å². The van der Waals surface area contributed by atoms with Crippen LogP contribution in [0.1, 0.15) is 32.2 Å². The van der Waals surface area contributed by atoms with Crippen LogP contribution < -0.4 is 0 Å². The smallest absolute Gasteiger partial charge is 0.361 e. The molecule has 19 heavy (non-hydrogen) atoms. The number of hydrogen-bond acceptors (Lipinski definition) is 4. The van der Waals surface area contributed by atoms with Gasteiger partial charge in [0.2, 0.25) is 0 Å². The number of rotatable bonds is 8. The summed E-state index contributed by atoms with van der Waals surface area (Å²) in [6.45, 7) is 6.50. The van der Waals surface area contributed by atoms with Crippen LogP contribution >= 0.6 is 23.5 Å². The number of hydrogen-bond donors (Lipinski definition) is 0. The molecule has 1 aromatic carbocycles. The van der Waals surface area contributed by atoms with Gasteiger partial charge in [-0.25, -0.2) is 0 Å². The average molecular weight is 351 g/mol. The molecule has 0 spiro atoms. The summed E-state index contributed by atoms with van der Waals surface area (Å²) in [5.74, 6) is -0.689. The highest BCUT2D eigenvalue weighted by atomic mass is 79.9. The van der Waals surface area contributed by atoms with E-state index in [0.29, 0.717) is 19.8 Å². The first-order chi connectivity index (χ1) is 9.07. The molecule has 108 valence electrons. The Labute approximate surface area is 123 Å². The predicted molar refractivity (Wildman–Crippen MR) is 79.4 cm³/mol. The van der Waals surface area contributed by atoms with Gasteiger partial charge in [-0.1, -0.05) is 28.1 Å². The summed E-state index contributed by atoms with van der Waals surface area (Å²) in [7, 11) is -3.32. The fourth-order valence-electron chi connectivity index (χ4n) is 1.69. The van der Waals surface area contributed by atoms with E-state index < -0.39 is 13.4 Å². The summed E-state index contributed by atoms with van der Waals surface area (Å²) >= 11 is 3.37. The molecular formula is C13H20BrO4P. The molecular weight excluding hydrogens is 331 g/mol. The summed E-state index contributed by atoms with van der Waals surface area (Å²) in [4.78, 5) is 0. The third-order valence-corrected chi connectivity index (χ3v) is 5.17. The molecule has 1 aromatic rings. The normalized spacial score (nSPS) is 13.5. The predicted octanol–water partition coefficient (Wildman–Crippen LogP) is 4.75. The van der Waals surface area contributed by atoms with E-state index in [1.54, 1.807) is 13.8 Å². The molecule has 0 heterocycles. The minimum Gasteiger partial charge on any atom is -0.361 e. The fraction of sp³-hybridized carbons (Fsp3) is 0.538. The van der Waals surface area contributed by atoms with Gasteiger partial charge in [0.25, 0.3) is 0 Å². The van der Waals surface area contributed by atoms with Crippen molar-refractivity contribution in [3.8, 4) is 0 Å². The molecule has 0 fully saturated rings. The Morgan fingerprint density at radius 1 is 1.05 bits per heavy atom. The van der Waals surface area contributed by atoms with Crippen molar-refractivity contribution in [3.63, 3.8) is 0 Å². The highest BCUT2D eigenvalue weighted by Gasteiger charge is 2.37. The van der Waals surface area contributed by atoms with Crippen LogP contribution in [0.3, 0.4) is 0 Å². The Morgan fingerprint density at radius 2 is 1.58 bits per heavy atom. The second-order valence-corrected chi connectivity index (χ2v) is 6.72. The molecule has 4 nitrogen and oxygen atoms in total. The number of ether oxygens (including phenoxy) is 1. The average Bonchev–Trinajstić information content (AvgIpc) is 2.38. The fourth-order valence-corrected chi connectivity index (χ4v) is 3.89. The van der Waals surface area contributed by atoms with E-state index in [4.69, 9.17) is 13.8 Å². The molecule has 0 saturated heterocycles. The first-order valence-corrected chi connectivity index (χ1v) is 8.73. The second-order valence-electron chi connectivity index (χ2n) is 3.73. The molecule has 0 amide bonds. The van der Waals surface area contributed by atoms with Crippen molar-refractivity contribution in [3.05, 3.63) is 34.3 Å². The van der Waals surface area contributed by atoms with Crippen molar-refractivity contribution in [1.29, 1.82) is 0 Å². The van der Waals surface area contributed by atoms with Crippen LogP contribution in [0.15, 0.2) is 28.7 Å². The van der Waals surface area contributed by atoms with Gasteiger partial charge < -0.3 is 13.8 Å². The van der Waals surface area contributed by atoms with Gasteiger partial charge in [0, 0.05) is 11.1 Å². The Morgan fingerprint density at radius 3 is 2.00 bits per heavy atom. The molecule has 0 aliphatic rings. The molecule has 6 heteroatoms. The molecule has 1 atom stereocenters. The zero-order valence-electron chi connectivity index (χ0n) is 11.5. The first-order valence-electron chi connectivity index (χ1n) is 6.33. The zero-order chi connectivity index (χ0) is 14.3. The van der Waals surface area contributed by atoms with Gasteiger partial charge in [0.15, 0.2) is 5.85 Å². The Kier molecular flexibility index (Phi) is 7.26. The lowest BCUT2D eigenvalue weighted by molar-refractivity contribution is 0.0782. The van der Waals surface area contributed by atoms with E-state index in [2.05, 4.69) is 15.9 Å². The zero-order valence-corrected chi connectivity index (χ0v) is 13.9. The van der Waals surface area contributed by atoms with E-state index in [1.807, 2.05) is 31.2 Å². The van der Waals surface area contributed by atoms with Gasteiger partial charge >= 0.3 is 7.60 Å². The molecule has 0 aromatic heterocycles. The third kappa shape index (κ3) is 4.69. The van der Waals surface area contributed by atoms with Crippen LogP contribution in [-0.4, -0.2) is 19.8 Å². The summed E-state index contributed by atoms with van der Waals surface area (Å²) in [6.07, 6.45) is 0. The summed E-state index contributed by atoms with van der Waals surface area (Å²) in [5.41, 5.74) is 0.787. The highest BCUT2D eigenvalue weighted by molar-refractivity contribution is 9.10. The Hall–Kier alpha value is -0.190. The van der Waals surface area contributed by atoms with Crippen LogP contribution in [0.25, 0.3) is 0 Å². The van der Waals surface area contributed by atoms with Crippen LogP contribution in [0.4, 0.5) is 0 Å². The van der Waals surface area contributed by atoms with Crippen molar-refractivity contribution in [2.45, 2.75) is 26.6 Å². The maximum atomic E-state index is 12.8. The number of benzene rings is 1. The van der Waals surface area contributed by atoms with Crippen LogP contribution in [-0.2, 0) is 18.3 Å². The molecule has 1 rings (SSSR count). The van der Waals surface area contributed by atoms with Gasteiger partial charge in [0.05, 0.1) is 13.2 Å². The van der Waals surface area contributed by atoms with Crippen LogP contribution in [0.2, 0.25) is 0 Å². The van der Waals surface area contributed by atoms with E-state index in [-0.39, 0.29) is 0 Å². The van der Waals surface area contributed by atoms with Crippen LogP contribution in [0.5, 0.6) is 0 Å². The van der Waals surface area contributed by atoms with Gasteiger partial charge in [-0.2, -0.15) is 0 Å². The minimum absolute atomic E-state index is 0.317. The van der Waals surface area contributed by atoms with E-state index >= 15 is 0 Å². The lowest BCUT2D eigenvalue weighted by Gasteiger charge is -2.26. The highest BCUT2D eigenvalue weighted by Crippen LogP contribution is 2.61. The third-order valence-electron chi connectivity index (χ3n) is 2.38. The van der Waals surface area contributed by atoms with E-state index in [1.165, 1.54) is 0 Å². The van der Waals surface area contributed by atoms with Gasteiger partial charge in [0.1, 0.15) is 0 Å². The van der Waals surface area contributed by atoms with Crippen molar-refractivity contribution >= 4 is 23.5 Å². The summed E-state index contributed by atoms with van der Waals surface area (Å²) in [6, 6.07) is 7.47. The molecule has 0 N–H and O–H groups in total. The topological polar surface area (TPSA) is 44.8 Å². The maximum absolute atomic E-state index is 12.8. The Balaban J connectivity index is 3.09. The SMILES string of the molecule is CCOC(c1ccc(Br)cc1)P(=O)(OCC)OCC. The second kappa shape index (κ2) is 8.18. The molecule has 0 aliphatic carbocycles. The van der Waals surface area contributed by atoms with Gasteiger partial charge in [-0.3, -0.25) is 4.57 Å². The monoisotopic (exact) mass is 350 g/mol. The van der Waals surface area contributed by atoms with Crippen molar-refractivity contribution in [2.75, 3.05) is 19.8 Å². The molecule has 0 radical (unpaired) electrons. The minimum atomic E-state index is -3.32. The first kappa shape index (κ1) is 16.9. The molecule has 0 saturated carbocycles. The maximum Gasteiger partial charge on any atom is 0.363 e. The standard InChI is InChI=1S/C13H20BrO4P/c1-4-16-13(11-7-9-12(14)10-8-11)19(15,17-5-2)18-6-3/h7-10,13H,4-6H2,1-3H3. The molecule has 0 bridgehead atoms. The van der Waals surface area contributed by atoms with Crippen molar-refractivity contribution in [1.82, 2.24) is 0 Å². The van der Waals surface area contributed by atoms with Gasteiger partial charge in [-0.05, 0) is 38.5 Å². The van der Waals surface area contributed by atoms with Crippen LogP contribution in [0, 0.1) is 0 Å². The molecule has 0 aliphatic heterocycles.